The Hall–Kier alpha value is -0.450. The summed E-state index contributed by atoms with van der Waals surface area (Å²) in [7, 11) is 1.74. The Labute approximate surface area is 109 Å². The Balaban J connectivity index is 2.50. The summed E-state index contributed by atoms with van der Waals surface area (Å²) in [6.45, 7) is 9.59. The van der Waals surface area contributed by atoms with Crippen molar-refractivity contribution in [1.82, 2.24) is 10.3 Å². The van der Waals surface area contributed by atoms with Crippen LogP contribution in [0.4, 0.5) is 0 Å². The van der Waals surface area contributed by atoms with E-state index < -0.39 is 0 Å². The maximum Gasteiger partial charge on any atom is 0.0930 e. The van der Waals surface area contributed by atoms with Crippen LogP contribution in [-0.4, -0.2) is 31.8 Å². The van der Waals surface area contributed by atoms with Crippen molar-refractivity contribution in [1.29, 1.82) is 0 Å². The van der Waals surface area contributed by atoms with E-state index in [4.69, 9.17) is 4.74 Å². The monoisotopic (exact) mass is 256 g/mol. The summed E-state index contributed by atoms with van der Waals surface area (Å²) in [5, 5.41) is 6.75. The van der Waals surface area contributed by atoms with Gasteiger partial charge >= 0.3 is 0 Å². The summed E-state index contributed by atoms with van der Waals surface area (Å²) in [5.74, 6) is 0.626. The van der Waals surface area contributed by atoms with Crippen LogP contribution in [0.15, 0.2) is 11.6 Å². The van der Waals surface area contributed by atoms with Gasteiger partial charge in [0.15, 0.2) is 0 Å². The minimum Gasteiger partial charge on any atom is -0.383 e. The van der Waals surface area contributed by atoms with E-state index in [0.29, 0.717) is 5.92 Å². The van der Waals surface area contributed by atoms with E-state index in [2.05, 4.69) is 36.5 Å². The van der Waals surface area contributed by atoms with Crippen LogP contribution in [0.5, 0.6) is 0 Å². The molecule has 1 rings (SSSR count). The molecule has 0 aliphatic carbocycles. The molecule has 0 bridgehead atoms. The number of methoxy groups -OCH3 is 1. The zero-order valence-corrected chi connectivity index (χ0v) is 12.1. The topological polar surface area (TPSA) is 34.1 Å². The minimum atomic E-state index is 0.256. The zero-order chi connectivity index (χ0) is 12.7. The van der Waals surface area contributed by atoms with E-state index in [9.17, 15) is 0 Å². The Morgan fingerprint density at radius 2 is 2.29 bits per heavy atom. The normalized spacial score (nSPS) is 15.1. The molecule has 1 aromatic rings. The van der Waals surface area contributed by atoms with E-state index in [0.717, 1.165) is 26.1 Å². The predicted molar refractivity (Wildman–Crippen MR) is 73.5 cm³/mol. The molecule has 0 radical (unpaired) electrons. The van der Waals surface area contributed by atoms with E-state index >= 15 is 0 Å². The van der Waals surface area contributed by atoms with Crippen LogP contribution in [0.3, 0.4) is 0 Å². The van der Waals surface area contributed by atoms with Gasteiger partial charge in [0, 0.05) is 38.2 Å². The van der Waals surface area contributed by atoms with E-state index in [-0.39, 0.29) is 5.41 Å². The standard InChI is InChI=1S/C13H24N2OS/c1-11(2)13(3,10-14-5-7-16-4)9-12-15-6-8-17-12/h6,8,11,14H,5,7,9-10H2,1-4H3. The van der Waals surface area contributed by atoms with Gasteiger partial charge in [-0.25, -0.2) is 4.98 Å². The van der Waals surface area contributed by atoms with Gasteiger partial charge in [-0.05, 0) is 11.3 Å². The van der Waals surface area contributed by atoms with Crippen molar-refractivity contribution in [3.8, 4) is 0 Å². The highest BCUT2D eigenvalue weighted by atomic mass is 32.1. The highest BCUT2D eigenvalue weighted by Crippen LogP contribution is 2.31. The fraction of sp³-hybridized carbons (Fsp3) is 0.769. The third kappa shape index (κ3) is 4.74. The largest absolute Gasteiger partial charge is 0.383 e. The number of nitrogens with zero attached hydrogens (tertiary/aromatic N) is 1. The molecule has 0 aliphatic heterocycles. The van der Waals surface area contributed by atoms with Gasteiger partial charge in [0.05, 0.1) is 11.6 Å². The van der Waals surface area contributed by atoms with Gasteiger partial charge in [0.1, 0.15) is 0 Å². The number of thiazole rings is 1. The van der Waals surface area contributed by atoms with Gasteiger partial charge in [-0.1, -0.05) is 20.8 Å². The zero-order valence-electron chi connectivity index (χ0n) is 11.3. The third-order valence-corrected chi connectivity index (χ3v) is 4.22. The van der Waals surface area contributed by atoms with Crippen LogP contribution in [-0.2, 0) is 11.2 Å². The smallest absolute Gasteiger partial charge is 0.0930 e. The van der Waals surface area contributed by atoms with Crippen LogP contribution in [0.1, 0.15) is 25.8 Å². The van der Waals surface area contributed by atoms with Gasteiger partial charge in [0.25, 0.3) is 0 Å². The summed E-state index contributed by atoms with van der Waals surface area (Å²) in [4.78, 5) is 4.39. The van der Waals surface area contributed by atoms with Crippen molar-refractivity contribution >= 4 is 11.3 Å². The summed E-state index contributed by atoms with van der Waals surface area (Å²) in [5.41, 5.74) is 0.256. The second kappa shape index (κ2) is 7.09. The Morgan fingerprint density at radius 3 is 2.82 bits per heavy atom. The molecule has 0 aliphatic rings. The lowest BCUT2D eigenvalue weighted by Crippen LogP contribution is -2.39. The van der Waals surface area contributed by atoms with Crippen LogP contribution in [0.25, 0.3) is 0 Å². The third-order valence-electron chi connectivity index (χ3n) is 3.44. The lowest BCUT2D eigenvalue weighted by Gasteiger charge is -2.33. The summed E-state index contributed by atoms with van der Waals surface area (Å²) in [6.07, 6.45) is 2.93. The lowest BCUT2D eigenvalue weighted by atomic mass is 9.76. The van der Waals surface area contributed by atoms with Crippen molar-refractivity contribution < 1.29 is 4.74 Å². The van der Waals surface area contributed by atoms with E-state index in [1.165, 1.54) is 5.01 Å². The Morgan fingerprint density at radius 1 is 1.53 bits per heavy atom. The average molecular weight is 256 g/mol. The van der Waals surface area contributed by atoms with Crippen molar-refractivity contribution in [3.05, 3.63) is 16.6 Å². The predicted octanol–water partition coefficient (Wildman–Crippen LogP) is 2.58. The highest BCUT2D eigenvalue weighted by molar-refractivity contribution is 7.09. The van der Waals surface area contributed by atoms with Crippen molar-refractivity contribution in [2.24, 2.45) is 11.3 Å². The first kappa shape index (κ1) is 14.6. The van der Waals surface area contributed by atoms with Crippen molar-refractivity contribution in [2.45, 2.75) is 27.2 Å². The van der Waals surface area contributed by atoms with Crippen molar-refractivity contribution in [2.75, 3.05) is 26.8 Å². The van der Waals surface area contributed by atoms with Gasteiger partial charge in [-0.15, -0.1) is 11.3 Å². The van der Waals surface area contributed by atoms with Crippen LogP contribution in [0, 0.1) is 11.3 Å². The molecule has 3 nitrogen and oxygen atoms in total. The minimum absolute atomic E-state index is 0.256. The van der Waals surface area contributed by atoms with Gasteiger partial charge < -0.3 is 10.1 Å². The molecule has 0 spiro atoms. The maximum absolute atomic E-state index is 5.05. The lowest BCUT2D eigenvalue weighted by molar-refractivity contribution is 0.175. The molecule has 1 N–H and O–H groups in total. The highest BCUT2D eigenvalue weighted by Gasteiger charge is 2.29. The molecule has 1 unspecified atom stereocenters. The Kier molecular flexibility index (Phi) is 6.09. The molecule has 0 fully saturated rings. The second-order valence-electron chi connectivity index (χ2n) is 5.08. The molecule has 98 valence electrons. The fourth-order valence-electron chi connectivity index (χ4n) is 1.70. The van der Waals surface area contributed by atoms with Crippen molar-refractivity contribution in [3.63, 3.8) is 0 Å². The SMILES string of the molecule is COCCNCC(C)(Cc1nccs1)C(C)C. The summed E-state index contributed by atoms with van der Waals surface area (Å²) < 4.78 is 5.05. The Bertz CT molecular complexity index is 300. The number of rotatable bonds is 8. The van der Waals surface area contributed by atoms with Gasteiger partial charge in [0.2, 0.25) is 0 Å². The first-order chi connectivity index (χ1) is 8.08. The molecule has 0 amide bonds. The molecule has 0 saturated heterocycles. The number of nitrogens with one attached hydrogen (secondary N) is 1. The first-order valence-corrected chi connectivity index (χ1v) is 7.04. The number of aromatic nitrogens is 1. The van der Waals surface area contributed by atoms with Crippen LogP contribution >= 0.6 is 11.3 Å². The molecule has 1 aromatic heterocycles. The second-order valence-corrected chi connectivity index (χ2v) is 6.06. The molecule has 0 aromatic carbocycles. The van der Waals surface area contributed by atoms with E-state index in [1.54, 1.807) is 18.4 Å². The molecule has 17 heavy (non-hydrogen) atoms. The molecular formula is C13H24N2OS. The molecule has 1 heterocycles. The van der Waals surface area contributed by atoms with Gasteiger partial charge in [-0.2, -0.15) is 0 Å². The first-order valence-electron chi connectivity index (χ1n) is 6.16. The van der Waals surface area contributed by atoms with Crippen LogP contribution < -0.4 is 5.32 Å². The molecule has 4 heteroatoms. The summed E-state index contributed by atoms with van der Waals surface area (Å²) in [6, 6.07) is 0. The van der Waals surface area contributed by atoms with E-state index in [1.807, 2.05) is 6.20 Å². The number of ether oxygens (including phenoxy) is 1. The molecular weight excluding hydrogens is 232 g/mol. The van der Waals surface area contributed by atoms with Gasteiger partial charge in [-0.3, -0.25) is 0 Å². The molecule has 0 saturated carbocycles. The van der Waals surface area contributed by atoms with Crippen LogP contribution in [0.2, 0.25) is 0 Å². The quantitative estimate of drug-likeness (QED) is 0.726. The summed E-state index contributed by atoms with van der Waals surface area (Å²) >= 11 is 1.75. The maximum atomic E-state index is 5.05. The average Bonchev–Trinajstić information content (AvgIpc) is 2.77. The number of hydrogen-bond donors (Lipinski definition) is 1. The number of hydrogen-bond acceptors (Lipinski definition) is 4. The molecule has 1 atom stereocenters. The fourth-order valence-corrected chi connectivity index (χ4v) is 2.52.